The monoisotopic (exact) mass is 861 g/mol. The Morgan fingerprint density at radius 3 is 1.81 bits per heavy atom. The first-order valence-corrected chi connectivity index (χ1v) is 23.4. The molecule has 4 heteroatoms. The number of rotatable bonds is 7. The second kappa shape index (κ2) is 17.3. The fourth-order valence-electron chi connectivity index (χ4n) is 10.3. The summed E-state index contributed by atoms with van der Waals surface area (Å²) in [6, 6.07) is 75.7. The van der Waals surface area contributed by atoms with E-state index >= 15 is 0 Å². The standard InChI is InChI=1S/C63H47N3O/c1-41-50-34-32-46(36-54(50)51-27-15-14-26-48(51)38-53(41)49-39-58(43-20-8-3-9-21-43)64-59(40-49)44-22-10-4-11-23-44)47-33-35-60-55(37-47)62-52(28-16-31-61(62)67-60)57-30-17-29-56(42-18-6-2-7-19-42)65-63(66-57)45-24-12-5-13-25-45/h2-16,18-28,30-37,39-41,53H,17,29,38H2,1H3/b57-30-,65-56-,66-63-. The molecule has 0 fully saturated rings. The summed E-state index contributed by atoms with van der Waals surface area (Å²) in [5.74, 6) is 1.17. The van der Waals surface area contributed by atoms with Crippen LogP contribution in [0.5, 0.6) is 0 Å². The van der Waals surface area contributed by atoms with Crippen molar-refractivity contribution in [3.8, 4) is 44.8 Å². The lowest BCUT2D eigenvalue weighted by molar-refractivity contribution is 0.579. The van der Waals surface area contributed by atoms with Gasteiger partial charge in [-0.1, -0.05) is 189 Å². The first-order valence-electron chi connectivity index (χ1n) is 23.4. The maximum atomic E-state index is 6.60. The van der Waals surface area contributed by atoms with Crippen molar-refractivity contribution in [1.82, 2.24) is 4.98 Å². The van der Waals surface area contributed by atoms with Crippen molar-refractivity contribution in [2.24, 2.45) is 9.98 Å². The first-order chi connectivity index (χ1) is 33.1. The lowest BCUT2D eigenvalue weighted by Crippen LogP contribution is -2.11. The molecule has 2 atom stereocenters. The van der Waals surface area contributed by atoms with Gasteiger partial charge in [-0.15, -0.1) is 0 Å². The molecule has 2 aromatic heterocycles. The Bertz CT molecular complexity index is 3490. The fourth-order valence-corrected chi connectivity index (χ4v) is 10.3. The molecule has 67 heavy (non-hydrogen) atoms. The van der Waals surface area contributed by atoms with Crippen LogP contribution in [-0.2, 0) is 6.42 Å². The number of furan rings is 1. The number of aromatic nitrogens is 1. The lowest BCUT2D eigenvalue weighted by atomic mass is 9.79. The molecule has 4 nitrogen and oxygen atoms in total. The first kappa shape index (κ1) is 40.3. The number of allylic oxidation sites excluding steroid dienone is 1. The number of aliphatic imine (C=N–C) groups is 2. The van der Waals surface area contributed by atoms with E-state index in [1.807, 2.05) is 24.3 Å². The quantitative estimate of drug-likeness (QED) is 0.160. The fraction of sp³-hybridized carbons (Fsp3) is 0.0952. The molecule has 1 aliphatic carbocycles. The summed E-state index contributed by atoms with van der Waals surface area (Å²) >= 11 is 0. The van der Waals surface area contributed by atoms with E-state index in [0.29, 0.717) is 5.84 Å². The topological polar surface area (TPSA) is 50.8 Å². The number of hydrogen-bond acceptors (Lipinski definition) is 4. The van der Waals surface area contributed by atoms with Gasteiger partial charge in [0.2, 0.25) is 0 Å². The Kier molecular flexibility index (Phi) is 10.4. The minimum atomic E-state index is 0.233. The van der Waals surface area contributed by atoms with E-state index in [0.717, 1.165) is 97.4 Å². The molecule has 1 aliphatic heterocycles. The van der Waals surface area contributed by atoms with Gasteiger partial charge in [-0.25, -0.2) is 15.0 Å². The van der Waals surface area contributed by atoms with Crippen LogP contribution in [0.1, 0.15) is 65.0 Å². The number of hydrogen-bond donors (Lipinski definition) is 0. The van der Waals surface area contributed by atoms with Crippen LogP contribution < -0.4 is 0 Å². The van der Waals surface area contributed by atoms with Crippen LogP contribution in [0.4, 0.5) is 0 Å². The highest BCUT2D eigenvalue weighted by molar-refractivity contribution is 6.16. The summed E-state index contributed by atoms with van der Waals surface area (Å²) in [7, 11) is 0. The van der Waals surface area contributed by atoms with Gasteiger partial charge in [0.1, 0.15) is 11.2 Å². The van der Waals surface area contributed by atoms with Crippen molar-refractivity contribution in [2.45, 2.75) is 38.0 Å². The molecular weight excluding hydrogens is 815 g/mol. The molecule has 12 rings (SSSR count). The SMILES string of the molecule is CC1c2ccc(-c3ccc4oc5cccc(C6=C/CC/C(c7ccccc7)=N/C(c7ccccc7)=N\6)c5c4c3)cc2-c2ccccc2CC1c1cc(-c2ccccc2)nc(-c2ccccc2)c1. The molecular formula is C63H47N3O. The Morgan fingerprint density at radius 1 is 0.478 bits per heavy atom. The van der Waals surface area contributed by atoms with E-state index in [2.05, 4.69) is 201 Å². The van der Waals surface area contributed by atoms with Crippen molar-refractivity contribution in [3.63, 3.8) is 0 Å². The van der Waals surface area contributed by atoms with Gasteiger partial charge in [-0.3, -0.25) is 0 Å². The molecule has 0 saturated carbocycles. The summed E-state index contributed by atoms with van der Waals surface area (Å²) < 4.78 is 6.60. The molecule has 0 radical (unpaired) electrons. The van der Waals surface area contributed by atoms with E-state index in [1.54, 1.807) is 0 Å². The Labute approximate surface area is 391 Å². The zero-order chi connectivity index (χ0) is 44.7. The largest absolute Gasteiger partial charge is 0.456 e. The molecule has 8 aromatic carbocycles. The van der Waals surface area contributed by atoms with Crippen molar-refractivity contribution < 1.29 is 4.42 Å². The van der Waals surface area contributed by atoms with Gasteiger partial charge in [-0.05, 0) is 112 Å². The Hall–Kier alpha value is -8.21. The molecule has 0 N–H and O–H groups in total. The predicted octanol–water partition coefficient (Wildman–Crippen LogP) is 16.2. The van der Waals surface area contributed by atoms with Gasteiger partial charge in [0, 0.05) is 33.0 Å². The summed E-state index contributed by atoms with van der Waals surface area (Å²) in [4.78, 5) is 15.9. The van der Waals surface area contributed by atoms with Gasteiger partial charge < -0.3 is 4.42 Å². The Morgan fingerprint density at radius 2 is 1.09 bits per heavy atom. The normalized spacial score (nSPS) is 18.3. The van der Waals surface area contributed by atoms with Crippen molar-refractivity contribution in [1.29, 1.82) is 0 Å². The molecule has 0 spiro atoms. The van der Waals surface area contributed by atoms with Crippen molar-refractivity contribution in [3.05, 3.63) is 252 Å². The minimum absolute atomic E-state index is 0.233. The second-order valence-corrected chi connectivity index (χ2v) is 17.8. The summed E-state index contributed by atoms with van der Waals surface area (Å²) in [5.41, 5.74) is 20.0. The predicted molar refractivity (Wildman–Crippen MR) is 278 cm³/mol. The molecule has 0 amide bonds. The number of fused-ring (bicyclic) bond motifs is 6. The van der Waals surface area contributed by atoms with Crippen molar-refractivity contribution >= 4 is 39.2 Å². The lowest BCUT2D eigenvalue weighted by Gasteiger charge is -2.25. The maximum absolute atomic E-state index is 6.60. The van der Waals surface area contributed by atoms with Gasteiger partial charge in [-0.2, -0.15) is 0 Å². The highest BCUT2D eigenvalue weighted by Gasteiger charge is 2.30. The van der Waals surface area contributed by atoms with Crippen LogP contribution in [0.3, 0.4) is 0 Å². The summed E-state index contributed by atoms with van der Waals surface area (Å²) in [6.45, 7) is 2.41. The maximum Gasteiger partial charge on any atom is 0.160 e. The van der Waals surface area contributed by atoms with Crippen LogP contribution in [0.25, 0.3) is 72.4 Å². The third-order valence-electron chi connectivity index (χ3n) is 13.7. The summed E-state index contributed by atoms with van der Waals surface area (Å²) in [5, 5.41) is 2.13. The van der Waals surface area contributed by atoms with Crippen LogP contribution >= 0.6 is 0 Å². The van der Waals surface area contributed by atoms with Crippen LogP contribution in [0.2, 0.25) is 0 Å². The number of pyridine rings is 1. The molecule has 2 aliphatic rings. The van der Waals surface area contributed by atoms with Gasteiger partial charge in [0.05, 0.1) is 22.8 Å². The Balaban J connectivity index is 0.956. The molecule has 3 heterocycles. The highest BCUT2D eigenvalue weighted by atomic mass is 16.3. The third-order valence-corrected chi connectivity index (χ3v) is 13.7. The van der Waals surface area contributed by atoms with E-state index in [4.69, 9.17) is 19.4 Å². The average Bonchev–Trinajstić information content (AvgIpc) is 3.71. The molecule has 320 valence electrons. The minimum Gasteiger partial charge on any atom is -0.456 e. The van der Waals surface area contributed by atoms with Crippen LogP contribution in [0, 0.1) is 0 Å². The van der Waals surface area contributed by atoms with E-state index in [9.17, 15) is 0 Å². The van der Waals surface area contributed by atoms with Crippen molar-refractivity contribution in [2.75, 3.05) is 0 Å². The molecule has 0 saturated heterocycles. The summed E-state index contributed by atoms with van der Waals surface area (Å²) in [6.07, 6.45) is 4.81. The zero-order valence-corrected chi connectivity index (χ0v) is 37.3. The zero-order valence-electron chi connectivity index (χ0n) is 37.3. The smallest absolute Gasteiger partial charge is 0.160 e. The highest BCUT2D eigenvalue weighted by Crippen LogP contribution is 2.48. The van der Waals surface area contributed by atoms with E-state index < -0.39 is 0 Å². The molecule has 2 unspecified atom stereocenters. The number of amidine groups is 1. The van der Waals surface area contributed by atoms with Crippen LogP contribution in [0.15, 0.2) is 233 Å². The second-order valence-electron chi connectivity index (χ2n) is 17.8. The molecule has 0 bridgehead atoms. The van der Waals surface area contributed by atoms with Gasteiger partial charge in [0.15, 0.2) is 5.84 Å². The van der Waals surface area contributed by atoms with Gasteiger partial charge in [0.25, 0.3) is 0 Å². The van der Waals surface area contributed by atoms with E-state index in [1.165, 1.54) is 33.4 Å². The van der Waals surface area contributed by atoms with E-state index in [-0.39, 0.29) is 11.8 Å². The average molecular weight is 862 g/mol. The van der Waals surface area contributed by atoms with Crippen LogP contribution in [-0.4, -0.2) is 16.5 Å². The molecule has 10 aromatic rings. The van der Waals surface area contributed by atoms with Gasteiger partial charge >= 0.3 is 0 Å². The number of benzene rings is 8. The number of nitrogens with zero attached hydrogens (tertiary/aromatic N) is 3. The third kappa shape index (κ3) is 7.71.